The number of hydrogen-bond donors (Lipinski definition) is 1. The Morgan fingerprint density at radius 2 is 2.16 bits per heavy atom. The Balaban J connectivity index is 2.01. The first-order valence-corrected chi connectivity index (χ1v) is 8.80. The fourth-order valence-corrected chi connectivity index (χ4v) is 4.53. The minimum atomic E-state index is -1.02. The van der Waals surface area contributed by atoms with Gasteiger partial charge in [-0.15, -0.1) is 0 Å². The van der Waals surface area contributed by atoms with E-state index >= 15 is 0 Å². The van der Waals surface area contributed by atoms with Gasteiger partial charge >= 0.3 is 11.9 Å². The molecular formula is C20H26O5. The Kier molecular flexibility index (Phi) is 4.40. The summed E-state index contributed by atoms with van der Waals surface area (Å²) in [6, 6.07) is 0. The zero-order valence-electron chi connectivity index (χ0n) is 15.2. The van der Waals surface area contributed by atoms with E-state index < -0.39 is 35.7 Å². The Morgan fingerprint density at radius 3 is 2.80 bits per heavy atom. The molecule has 0 aromatic rings. The molecule has 0 aromatic heterocycles. The molecule has 3 aliphatic rings. The maximum Gasteiger partial charge on any atom is 0.334 e. The van der Waals surface area contributed by atoms with Crippen LogP contribution < -0.4 is 0 Å². The summed E-state index contributed by atoms with van der Waals surface area (Å²) in [6.07, 6.45) is 3.69. The molecule has 0 radical (unpaired) electrons. The monoisotopic (exact) mass is 346 g/mol. The fourth-order valence-electron chi connectivity index (χ4n) is 4.53. The average molecular weight is 346 g/mol. The van der Waals surface area contributed by atoms with Crippen LogP contribution in [-0.4, -0.2) is 34.9 Å². The fraction of sp³-hybridized carbons (Fsp3) is 0.600. The highest BCUT2D eigenvalue weighted by Crippen LogP contribution is 2.52. The number of allylic oxidation sites excluding steroid dienone is 2. The molecule has 1 saturated heterocycles. The lowest BCUT2D eigenvalue weighted by Gasteiger charge is -2.34. The van der Waals surface area contributed by atoms with Crippen molar-refractivity contribution in [2.75, 3.05) is 0 Å². The van der Waals surface area contributed by atoms with Crippen LogP contribution in [0.1, 0.15) is 40.5 Å². The quantitative estimate of drug-likeness (QED) is 0.473. The number of hydrogen-bond acceptors (Lipinski definition) is 5. The van der Waals surface area contributed by atoms with E-state index in [4.69, 9.17) is 9.47 Å². The van der Waals surface area contributed by atoms with Crippen molar-refractivity contribution in [3.8, 4) is 0 Å². The highest BCUT2D eigenvalue weighted by Gasteiger charge is 2.58. The van der Waals surface area contributed by atoms with Crippen molar-refractivity contribution >= 4 is 11.9 Å². The molecule has 5 heteroatoms. The van der Waals surface area contributed by atoms with E-state index in [9.17, 15) is 14.7 Å². The summed E-state index contributed by atoms with van der Waals surface area (Å²) in [5, 5.41) is 11.1. The van der Waals surface area contributed by atoms with Crippen LogP contribution in [0.2, 0.25) is 0 Å². The summed E-state index contributed by atoms with van der Waals surface area (Å²) in [5.41, 5.74) is 0.911. The van der Waals surface area contributed by atoms with Crippen LogP contribution in [0.4, 0.5) is 0 Å². The predicted molar refractivity (Wildman–Crippen MR) is 92.4 cm³/mol. The topological polar surface area (TPSA) is 72.8 Å². The lowest BCUT2D eigenvalue weighted by atomic mass is 9.76. The van der Waals surface area contributed by atoms with Crippen LogP contribution in [0.5, 0.6) is 0 Å². The normalized spacial score (nSPS) is 40.8. The summed E-state index contributed by atoms with van der Waals surface area (Å²) in [7, 11) is 0. The van der Waals surface area contributed by atoms with Gasteiger partial charge < -0.3 is 14.6 Å². The van der Waals surface area contributed by atoms with Crippen LogP contribution >= 0.6 is 0 Å². The largest absolute Gasteiger partial charge is 0.458 e. The molecule has 1 heterocycles. The second-order valence-electron chi connectivity index (χ2n) is 7.71. The molecule has 6 unspecified atom stereocenters. The summed E-state index contributed by atoms with van der Waals surface area (Å²) >= 11 is 0. The van der Waals surface area contributed by atoms with Crippen LogP contribution in [0.15, 0.2) is 35.5 Å². The maximum absolute atomic E-state index is 12.3. The van der Waals surface area contributed by atoms with E-state index in [0.717, 1.165) is 12.0 Å². The molecule has 5 nitrogen and oxygen atoms in total. The molecule has 3 rings (SSSR count). The molecule has 1 aliphatic heterocycles. The third-order valence-corrected chi connectivity index (χ3v) is 6.10. The van der Waals surface area contributed by atoms with Gasteiger partial charge in [0, 0.05) is 29.4 Å². The molecule has 0 amide bonds. The lowest BCUT2D eigenvalue weighted by molar-refractivity contribution is -0.150. The first kappa shape index (κ1) is 17.9. The van der Waals surface area contributed by atoms with E-state index in [0.29, 0.717) is 11.1 Å². The molecule has 0 aromatic carbocycles. The van der Waals surface area contributed by atoms with Gasteiger partial charge in [-0.05, 0) is 34.1 Å². The molecular weight excluding hydrogens is 320 g/mol. The minimum Gasteiger partial charge on any atom is -0.458 e. The number of aliphatic hydroxyl groups is 1. The number of carbonyl (C=O) groups is 2. The lowest BCUT2D eigenvalue weighted by Crippen LogP contribution is -2.40. The molecule has 0 bridgehead atoms. The van der Waals surface area contributed by atoms with Crippen molar-refractivity contribution in [1.82, 2.24) is 0 Å². The zero-order valence-corrected chi connectivity index (χ0v) is 15.2. The standard InChI is InChI=1S/C20H26O5/c1-6-10(2)18(21)24-14-9-20(5,23)13-8-7-11(3)15(13)17-16(14)12(4)19(22)25-17/h6-7,13-17,23H,4,8-9H2,1-3,5H3/b10-6+. The van der Waals surface area contributed by atoms with Gasteiger partial charge in [-0.1, -0.05) is 24.3 Å². The number of carbonyl (C=O) groups excluding carboxylic acids is 2. The van der Waals surface area contributed by atoms with E-state index in [1.165, 1.54) is 0 Å². The Labute approximate surface area is 148 Å². The molecule has 1 saturated carbocycles. The first-order valence-electron chi connectivity index (χ1n) is 8.80. The summed E-state index contributed by atoms with van der Waals surface area (Å²) in [6.45, 7) is 11.1. The van der Waals surface area contributed by atoms with Gasteiger partial charge in [0.1, 0.15) is 12.2 Å². The second-order valence-corrected chi connectivity index (χ2v) is 7.71. The van der Waals surface area contributed by atoms with Crippen LogP contribution in [0, 0.1) is 17.8 Å². The van der Waals surface area contributed by atoms with Crippen molar-refractivity contribution in [2.45, 2.75) is 58.3 Å². The zero-order chi connectivity index (χ0) is 18.5. The van der Waals surface area contributed by atoms with Crippen molar-refractivity contribution in [2.24, 2.45) is 17.8 Å². The van der Waals surface area contributed by atoms with Gasteiger partial charge in [0.25, 0.3) is 0 Å². The SMILES string of the molecule is C=C1C(=O)OC2C1C(OC(=O)/C(C)=C/C)CC(C)(O)C1CC=C(C)C21. The van der Waals surface area contributed by atoms with Gasteiger partial charge in [0.15, 0.2) is 0 Å². The Bertz CT molecular complexity index is 684. The van der Waals surface area contributed by atoms with Gasteiger partial charge in [0.05, 0.1) is 11.5 Å². The molecule has 136 valence electrons. The van der Waals surface area contributed by atoms with E-state index in [-0.39, 0.29) is 18.3 Å². The van der Waals surface area contributed by atoms with Crippen LogP contribution in [0.25, 0.3) is 0 Å². The first-order chi connectivity index (χ1) is 11.7. The average Bonchev–Trinajstić information content (AvgIpc) is 3.03. The van der Waals surface area contributed by atoms with E-state index in [1.807, 2.05) is 6.92 Å². The Hall–Kier alpha value is -1.88. The third-order valence-electron chi connectivity index (χ3n) is 6.10. The van der Waals surface area contributed by atoms with Crippen LogP contribution in [-0.2, 0) is 19.1 Å². The minimum absolute atomic E-state index is 0.0646. The smallest absolute Gasteiger partial charge is 0.334 e. The number of fused-ring (bicyclic) bond motifs is 3. The Morgan fingerprint density at radius 1 is 1.48 bits per heavy atom. The highest BCUT2D eigenvalue weighted by molar-refractivity contribution is 5.91. The molecule has 25 heavy (non-hydrogen) atoms. The van der Waals surface area contributed by atoms with Gasteiger partial charge in [-0.2, -0.15) is 0 Å². The molecule has 0 spiro atoms. The van der Waals surface area contributed by atoms with Crippen molar-refractivity contribution in [3.63, 3.8) is 0 Å². The van der Waals surface area contributed by atoms with Gasteiger partial charge in [-0.25, -0.2) is 9.59 Å². The maximum atomic E-state index is 12.3. The summed E-state index contributed by atoms with van der Waals surface area (Å²) in [4.78, 5) is 24.5. The summed E-state index contributed by atoms with van der Waals surface area (Å²) < 4.78 is 11.4. The third kappa shape index (κ3) is 2.84. The van der Waals surface area contributed by atoms with Gasteiger partial charge in [0.2, 0.25) is 0 Å². The van der Waals surface area contributed by atoms with E-state index in [1.54, 1.807) is 26.8 Å². The molecule has 2 aliphatic carbocycles. The second kappa shape index (κ2) is 6.13. The number of rotatable bonds is 2. The number of esters is 2. The van der Waals surface area contributed by atoms with Crippen molar-refractivity contribution in [3.05, 3.63) is 35.5 Å². The molecule has 6 atom stereocenters. The summed E-state index contributed by atoms with van der Waals surface area (Å²) in [5.74, 6) is -1.43. The van der Waals surface area contributed by atoms with Crippen molar-refractivity contribution in [1.29, 1.82) is 0 Å². The van der Waals surface area contributed by atoms with Crippen molar-refractivity contribution < 1.29 is 24.2 Å². The number of ether oxygens (including phenoxy) is 2. The van der Waals surface area contributed by atoms with Gasteiger partial charge in [-0.3, -0.25) is 0 Å². The predicted octanol–water partition coefficient (Wildman–Crippen LogP) is 2.70. The molecule has 2 fully saturated rings. The van der Waals surface area contributed by atoms with Crippen LogP contribution in [0.3, 0.4) is 0 Å². The van der Waals surface area contributed by atoms with E-state index in [2.05, 4.69) is 12.7 Å². The molecule has 1 N–H and O–H groups in total. The highest BCUT2D eigenvalue weighted by atomic mass is 16.6.